The Morgan fingerprint density at radius 2 is 1.71 bits per heavy atom. The van der Waals surface area contributed by atoms with Gasteiger partial charge in [-0.25, -0.2) is 9.37 Å². The van der Waals surface area contributed by atoms with E-state index in [1.165, 1.54) is 38.2 Å². The Balaban J connectivity index is 0.00000103. The molecule has 2 aliphatic rings. The molecule has 0 radical (unpaired) electrons. The molecule has 2 fully saturated rings. The van der Waals surface area contributed by atoms with Crippen LogP contribution >= 0.6 is 0 Å². The highest BCUT2D eigenvalue weighted by Gasteiger charge is 2.22. The number of amides is 1. The quantitative estimate of drug-likeness (QED) is 0.519. The number of aromatic nitrogens is 2. The predicted molar refractivity (Wildman–Crippen MR) is 140 cm³/mol. The molecule has 1 aliphatic carbocycles. The number of nitrogens with zero attached hydrogens (tertiary/aromatic N) is 2. The number of hydrogen-bond donors (Lipinski definition) is 1. The summed E-state index contributed by atoms with van der Waals surface area (Å²) < 4.78 is 20.5. The molecule has 1 saturated carbocycles. The number of aromatic amines is 1. The van der Waals surface area contributed by atoms with Crippen LogP contribution in [0.1, 0.15) is 91.8 Å². The first-order valence-corrected chi connectivity index (χ1v) is 13.6. The van der Waals surface area contributed by atoms with Crippen molar-refractivity contribution >= 4 is 16.8 Å². The number of rotatable bonds is 6. The standard InChI is InChI=1S/C24H32FN3O3.2C2H6/c1-16(29)28-11-9-18(10-12-28)15-31-19-13-20(25)23-21(14-19)26-22(27-24(23)30)8-7-17-5-3-2-4-6-17;2*1-2/h13-14,17-18H,2-12,15H2,1H3,(H,26,27,30);2*1-2H3. The molecule has 1 saturated heterocycles. The third-order valence-electron chi connectivity index (χ3n) is 6.84. The second-order valence-corrected chi connectivity index (χ2v) is 9.12. The fraction of sp³-hybridized carbons (Fsp3) is 0.679. The SMILES string of the molecule is CC.CC.CC(=O)N1CCC(COc2cc(F)c3c(=O)[nH]c(CCC4CCCCC4)nc3c2)CC1. The van der Waals surface area contributed by atoms with E-state index in [1.54, 1.807) is 13.0 Å². The van der Waals surface area contributed by atoms with Gasteiger partial charge in [-0.1, -0.05) is 59.8 Å². The van der Waals surface area contributed by atoms with Crippen LogP contribution in [0.5, 0.6) is 5.75 Å². The molecule has 1 N–H and O–H groups in total. The number of halogens is 1. The van der Waals surface area contributed by atoms with Crippen LogP contribution in [0.4, 0.5) is 4.39 Å². The van der Waals surface area contributed by atoms with Crippen molar-refractivity contribution in [3.63, 3.8) is 0 Å². The number of benzene rings is 1. The number of hydrogen-bond acceptors (Lipinski definition) is 4. The van der Waals surface area contributed by atoms with E-state index in [2.05, 4.69) is 9.97 Å². The van der Waals surface area contributed by atoms with Crippen molar-refractivity contribution in [3.05, 3.63) is 34.1 Å². The summed E-state index contributed by atoms with van der Waals surface area (Å²) in [5.74, 6) is 1.53. The van der Waals surface area contributed by atoms with Crippen LogP contribution in [-0.4, -0.2) is 40.5 Å². The van der Waals surface area contributed by atoms with Gasteiger partial charge in [0, 0.05) is 38.6 Å². The summed E-state index contributed by atoms with van der Waals surface area (Å²) in [6, 6.07) is 2.94. The average Bonchev–Trinajstić information content (AvgIpc) is 2.89. The summed E-state index contributed by atoms with van der Waals surface area (Å²) in [7, 11) is 0. The van der Waals surface area contributed by atoms with Crippen molar-refractivity contribution in [2.75, 3.05) is 19.7 Å². The minimum atomic E-state index is -0.605. The number of nitrogens with one attached hydrogen (secondary N) is 1. The van der Waals surface area contributed by atoms with E-state index in [9.17, 15) is 14.0 Å². The molecule has 2 heterocycles. The maximum Gasteiger partial charge on any atom is 0.261 e. The fourth-order valence-corrected chi connectivity index (χ4v) is 4.89. The van der Waals surface area contributed by atoms with Gasteiger partial charge in [0.15, 0.2) is 0 Å². The summed E-state index contributed by atoms with van der Waals surface area (Å²) in [6.07, 6.45) is 9.84. The normalized spacial score (nSPS) is 16.7. The summed E-state index contributed by atoms with van der Waals surface area (Å²) in [4.78, 5) is 33.1. The number of aryl methyl sites for hydroxylation is 1. The molecular formula is C28H44FN3O3. The lowest BCUT2D eigenvalue weighted by Crippen LogP contribution is -2.38. The molecule has 0 atom stereocenters. The third-order valence-corrected chi connectivity index (χ3v) is 6.84. The molecule has 2 aromatic rings. The molecule has 1 amide bonds. The van der Waals surface area contributed by atoms with E-state index in [4.69, 9.17) is 4.74 Å². The van der Waals surface area contributed by atoms with E-state index in [1.807, 2.05) is 32.6 Å². The van der Waals surface area contributed by atoms with Gasteiger partial charge in [-0.05, 0) is 31.1 Å². The second-order valence-electron chi connectivity index (χ2n) is 9.12. The van der Waals surface area contributed by atoms with Crippen molar-refractivity contribution < 1.29 is 13.9 Å². The van der Waals surface area contributed by atoms with E-state index >= 15 is 0 Å². The molecule has 6 nitrogen and oxygen atoms in total. The molecule has 1 aromatic carbocycles. The Kier molecular flexibility index (Phi) is 12.2. The van der Waals surface area contributed by atoms with Crippen LogP contribution in [-0.2, 0) is 11.2 Å². The van der Waals surface area contributed by atoms with E-state index in [0.29, 0.717) is 42.0 Å². The summed E-state index contributed by atoms with van der Waals surface area (Å²) in [5, 5.41) is -0.0106. The lowest BCUT2D eigenvalue weighted by atomic mass is 9.86. The monoisotopic (exact) mass is 489 g/mol. The number of piperidine rings is 1. The molecule has 4 rings (SSSR count). The maximum atomic E-state index is 14.6. The van der Waals surface area contributed by atoms with Crippen molar-refractivity contribution in [2.24, 2.45) is 11.8 Å². The molecule has 35 heavy (non-hydrogen) atoms. The Labute approximate surface area is 209 Å². The molecule has 0 spiro atoms. The Morgan fingerprint density at radius 3 is 2.34 bits per heavy atom. The highest BCUT2D eigenvalue weighted by Crippen LogP contribution is 2.28. The maximum absolute atomic E-state index is 14.6. The number of ether oxygens (including phenoxy) is 1. The van der Waals surface area contributed by atoms with E-state index in [-0.39, 0.29) is 11.3 Å². The van der Waals surface area contributed by atoms with Crippen LogP contribution in [0.25, 0.3) is 10.9 Å². The fourth-order valence-electron chi connectivity index (χ4n) is 4.89. The first-order valence-electron chi connectivity index (χ1n) is 13.6. The molecule has 7 heteroatoms. The lowest BCUT2D eigenvalue weighted by molar-refractivity contribution is -0.130. The summed E-state index contributed by atoms with van der Waals surface area (Å²) in [5.41, 5.74) is -0.0758. The first-order chi connectivity index (χ1) is 17.0. The van der Waals surface area contributed by atoms with Crippen molar-refractivity contribution in [2.45, 2.75) is 92.4 Å². The minimum absolute atomic E-state index is 0.0106. The van der Waals surface area contributed by atoms with Gasteiger partial charge in [-0.2, -0.15) is 0 Å². The molecule has 1 aliphatic heterocycles. The number of fused-ring (bicyclic) bond motifs is 1. The summed E-state index contributed by atoms with van der Waals surface area (Å²) >= 11 is 0. The van der Waals surface area contributed by atoms with Crippen LogP contribution in [0.3, 0.4) is 0 Å². The zero-order valence-electron chi connectivity index (χ0n) is 22.3. The smallest absolute Gasteiger partial charge is 0.261 e. The van der Waals surface area contributed by atoms with Gasteiger partial charge in [-0.15, -0.1) is 0 Å². The van der Waals surface area contributed by atoms with Crippen molar-refractivity contribution in [1.29, 1.82) is 0 Å². The van der Waals surface area contributed by atoms with Gasteiger partial charge in [0.1, 0.15) is 22.8 Å². The summed E-state index contributed by atoms with van der Waals surface area (Å²) in [6.45, 7) is 11.5. The molecule has 0 unspecified atom stereocenters. The lowest BCUT2D eigenvalue weighted by Gasteiger charge is -2.31. The highest BCUT2D eigenvalue weighted by atomic mass is 19.1. The van der Waals surface area contributed by atoms with Crippen LogP contribution < -0.4 is 10.3 Å². The van der Waals surface area contributed by atoms with Crippen LogP contribution in [0.2, 0.25) is 0 Å². The predicted octanol–water partition coefficient (Wildman–Crippen LogP) is 6.26. The van der Waals surface area contributed by atoms with Crippen molar-refractivity contribution in [3.8, 4) is 5.75 Å². The zero-order chi connectivity index (χ0) is 25.8. The zero-order valence-corrected chi connectivity index (χ0v) is 22.3. The number of carbonyl (C=O) groups excluding carboxylic acids is 1. The largest absolute Gasteiger partial charge is 0.493 e. The average molecular weight is 490 g/mol. The Hall–Kier alpha value is -2.44. The van der Waals surface area contributed by atoms with Gasteiger partial charge in [0.25, 0.3) is 5.56 Å². The highest BCUT2D eigenvalue weighted by molar-refractivity contribution is 5.79. The van der Waals surface area contributed by atoms with Gasteiger partial charge < -0.3 is 14.6 Å². The van der Waals surface area contributed by atoms with Crippen molar-refractivity contribution in [1.82, 2.24) is 14.9 Å². The minimum Gasteiger partial charge on any atom is -0.493 e. The van der Waals surface area contributed by atoms with Crippen LogP contribution in [0.15, 0.2) is 16.9 Å². The van der Waals surface area contributed by atoms with Gasteiger partial charge in [-0.3, -0.25) is 9.59 Å². The Bertz CT molecular complexity index is 977. The van der Waals surface area contributed by atoms with Gasteiger partial charge in [0.2, 0.25) is 5.91 Å². The first kappa shape index (κ1) is 28.8. The molecular weight excluding hydrogens is 445 g/mol. The van der Waals surface area contributed by atoms with E-state index < -0.39 is 11.4 Å². The van der Waals surface area contributed by atoms with Gasteiger partial charge in [0.05, 0.1) is 12.1 Å². The van der Waals surface area contributed by atoms with Gasteiger partial charge >= 0.3 is 0 Å². The molecule has 1 aromatic heterocycles. The topological polar surface area (TPSA) is 75.3 Å². The van der Waals surface area contributed by atoms with E-state index in [0.717, 1.165) is 32.4 Å². The second kappa shape index (κ2) is 14.8. The van der Waals surface area contributed by atoms with Crippen LogP contribution in [0, 0.1) is 17.7 Å². The number of likely N-dealkylation sites (tertiary alicyclic amines) is 1. The third kappa shape index (κ3) is 8.32. The Morgan fingerprint density at radius 1 is 1.06 bits per heavy atom. The molecule has 0 bridgehead atoms. The molecule has 196 valence electrons. The number of H-pyrrole nitrogens is 1. The number of carbonyl (C=O) groups is 1.